The van der Waals surface area contributed by atoms with Crippen LogP contribution in [-0.4, -0.2) is 0 Å². The summed E-state index contributed by atoms with van der Waals surface area (Å²) in [5, 5.41) is 24.6. The summed E-state index contributed by atoms with van der Waals surface area (Å²) in [7, 11) is 0. The third-order valence-electron chi connectivity index (χ3n) is 8.83. The van der Waals surface area contributed by atoms with Gasteiger partial charge in [0.2, 0.25) is 0 Å². The third-order valence-corrected chi connectivity index (χ3v) is 8.83. The molecule has 0 aromatic heterocycles. The lowest BCUT2D eigenvalue weighted by Crippen LogP contribution is -1.93. The largest absolute Gasteiger partial charge is 0.0610 e. The third kappa shape index (κ3) is 1.83. The molecule has 0 nitrogen and oxygen atoms in total. The molecule has 0 spiro atoms. The van der Waals surface area contributed by atoms with Gasteiger partial charge in [0, 0.05) is 0 Å². The van der Waals surface area contributed by atoms with Gasteiger partial charge in [-0.25, -0.2) is 0 Å². The predicted molar refractivity (Wildman–Crippen MR) is 158 cm³/mol. The van der Waals surface area contributed by atoms with E-state index in [4.69, 9.17) is 0 Å². The topological polar surface area (TPSA) is 0 Å². The van der Waals surface area contributed by atoms with Gasteiger partial charge in [-0.15, -0.1) is 0 Å². The van der Waals surface area contributed by atoms with Crippen molar-refractivity contribution in [2.75, 3.05) is 0 Å². The van der Waals surface area contributed by atoms with Crippen molar-refractivity contribution in [3.05, 3.63) is 109 Å². The van der Waals surface area contributed by atoms with E-state index in [-0.39, 0.29) is 0 Å². The molecule has 0 heteroatoms. The molecule has 0 fully saturated rings. The van der Waals surface area contributed by atoms with Gasteiger partial charge in [0.1, 0.15) is 0 Å². The van der Waals surface area contributed by atoms with Crippen LogP contribution in [0.5, 0.6) is 0 Å². The molecule has 0 unspecified atom stereocenters. The normalized spacial score (nSPS) is 13.0. The summed E-state index contributed by atoms with van der Waals surface area (Å²) in [6, 6.07) is 41.4. The first-order valence-electron chi connectivity index (χ1n) is 12.7. The second kappa shape index (κ2) is 5.75. The van der Waals surface area contributed by atoms with Gasteiger partial charge in [0.15, 0.2) is 0 Å². The zero-order chi connectivity index (χ0) is 23.1. The van der Waals surface area contributed by atoms with Gasteiger partial charge >= 0.3 is 0 Å². The SMILES string of the molecule is c1cc2cccc3c4cc5ccc6c7cccc8cccc(c9cc%10ccc(c(c1)c23)c4c%10c5c69)c87. The quantitative estimate of drug-likeness (QED) is 0.159. The fraction of sp³-hybridized carbons (Fsp3) is 0. The highest BCUT2D eigenvalue weighted by molar-refractivity contribution is 6.45. The summed E-state index contributed by atoms with van der Waals surface area (Å²) < 4.78 is 0. The molecule has 0 aliphatic rings. The lowest BCUT2D eigenvalue weighted by Gasteiger charge is -2.21. The molecule has 0 amide bonds. The average Bonchev–Trinajstić information content (AvgIpc) is 2.93. The first kappa shape index (κ1) is 17.7. The average molecular weight is 451 g/mol. The van der Waals surface area contributed by atoms with Crippen molar-refractivity contribution < 1.29 is 0 Å². The minimum Gasteiger partial charge on any atom is -0.0610 e. The van der Waals surface area contributed by atoms with Crippen molar-refractivity contribution in [3.63, 3.8) is 0 Å². The second-order valence-electron chi connectivity index (χ2n) is 10.4. The van der Waals surface area contributed by atoms with E-state index in [0.717, 1.165) is 0 Å². The van der Waals surface area contributed by atoms with Crippen LogP contribution >= 0.6 is 0 Å². The lowest BCUT2D eigenvalue weighted by molar-refractivity contribution is 1.80. The molecule has 10 rings (SSSR count). The maximum absolute atomic E-state index is 2.46. The molecule has 0 heterocycles. The predicted octanol–water partition coefficient (Wildman–Crippen LogP) is 10.4. The molecule has 10 aromatic rings. The van der Waals surface area contributed by atoms with Crippen LogP contribution in [0.25, 0.3) is 97.0 Å². The summed E-state index contributed by atoms with van der Waals surface area (Å²) in [5.74, 6) is 0. The Kier molecular flexibility index (Phi) is 2.83. The molecular formula is C36H18. The van der Waals surface area contributed by atoms with Crippen LogP contribution in [0.15, 0.2) is 109 Å². The molecule has 0 saturated carbocycles. The molecule has 162 valence electrons. The van der Waals surface area contributed by atoms with E-state index in [9.17, 15) is 0 Å². The fourth-order valence-corrected chi connectivity index (χ4v) is 7.49. The Hall–Kier alpha value is -4.68. The van der Waals surface area contributed by atoms with Gasteiger partial charge in [0.25, 0.3) is 0 Å². The van der Waals surface area contributed by atoms with Crippen molar-refractivity contribution in [2.24, 2.45) is 0 Å². The molecule has 0 bridgehead atoms. The van der Waals surface area contributed by atoms with E-state index in [0.29, 0.717) is 0 Å². The summed E-state index contributed by atoms with van der Waals surface area (Å²) in [4.78, 5) is 0. The smallest absolute Gasteiger partial charge is 0.00136 e. The van der Waals surface area contributed by atoms with Crippen molar-refractivity contribution >= 4 is 97.0 Å². The second-order valence-corrected chi connectivity index (χ2v) is 10.4. The van der Waals surface area contributed by atoms with Crippen LogP contribution < -0.4 is 0 Å². The minimum atomic E-state index is 1.32. The number of benzene rings is 10. The van der Waals surface area contributed by atoms with Gasteiger partial charge in [-0.1, -0.05) is 97.1 Å². The van der Waals surface area contributed by atoms with Crippen molar-refractivity contribution in [2.45, 2.75) is 0 Å². The number of rotatable bonds is 0. The Morgan fingerprint density at radius 3 is 1.00 bits per heavy atom. The summed E-state index contributed by atoms with van der Waals surface area (Å²) in [6.07, 6.45) is 0. The monoisotopic (exact) mass is 450 g/mol. The molecule has 0 N–H and O–H groups in total. The standard InChI is InChI=1S/C36H18/c1-5-19-7-3-11-25-29-17-22-14-16-28-24-10-2-6-20-8-4-12-26(32(20)24)30-18-21-13-15-27(23(9-1)31(19)25)35(29)33(21)34(22)36(28)30/h1-18H. The van der Waals surface area contributed by atoms with Crippen molar-refractivity contribution in [1.29, 1.82) is 0 Å². The van der Waals surface area contributed by atoms with E-state index in [1.165, 1.54) is 97.0 Å². The van der Waals surface area contributed by atoms with Crippen LogP contribution in [0.1, 0.15) is 0 Å². The van der Waals surface area contributed by atoms with Crippen LogP contribution in [0.2, 0.25) is 0 Å². The fourth-order valence-electron chi connectivity index (χ4n) is 7.49. The van der Waals surface area contributed by atoms with E-state index in [2.05, 4.69) is 109 Å². The number of hydrogen-bond acceptors (Lipinski definition) is 0. The van der Waals surface area contributed by atoms with Gasteiger partial charge < -0.3 is 0 Å². The van der Waals surface area contributed by atoms with E-state index in [1.807, 2.05) is 0 Å². The minimum absolute atomic E-state index is 1.32. The Bertz CT molecular complexity index is 2320. The van der Waals surface area contributed by atoms with Gasteiger partial charge in [-0.2, -0.15) is 0 Å². The van der Waals surface area contributed by atoms with E-state index < -0.39 is 0 Å². The highest BCUT2D eigenvalue weighted by Crippen LogP contribution is 2.50. The first-order chi connectivity index (χ1) is 17.9. The van der Waals surface area contributed by atoms with Crippen LogP contribution in [-0.2, 0) is 0 Å². The first-order valence-corrected chi connectivity index (χ1v) is 12.7. The van der Waals surface area contributed by atoms with Gasteiger partial charge in [-0.3, -0.25) is 0 Å². The summed E-state index contributed by atoms with van der Waals surface area (Å²) in [6.45, 7) is 0. The van der Waals surface area contributed by atoms with Crippen LogP contribution in [0, 0.1) is 0 Å². The Labute approximate surface area is 206 Å². The molecule has 10 aromatic carbocycles. The maximum atomic E-state index is 2.46. The molecule has 0 atom stereocenters. The zero-order valence-corrected chi connectivity index (χ0v) is 19.4. The van der Waals surface area contributed by atoms with Crippen LogP contribution in [0.3, 0.4) is 0 Å². The molecule has 0 aliphatic heterocycles. The van der Waals surface area contributed by atoms with Gasteiger partial charge in [0.05, 0.1) is 0 Å². The van der Waals surface area contributed by atoms with Crippen LogP contribution in [0.4, 0.5) is 0 Å². The van der Waals surface area contributed by atoms with E-state index >= 15 is 0 Å². The highest BCUT2D eigenvalue weighted by Gasteiger charge is 2.21. The zero-order valence-electron chi connectivity index (χ0n) is 19.4. The molecule has 0 radical (unpaired) electrons. The van der Waals surface area contributed by atoms with Crippen molar-refractivity contribution in [1.82, 2.24) is 0 Å². The summed E-state index contributed by atoms with van der Waals surface area (Å²) >= 11 is 0. The molecule has 0 saturated heterocycles. The highest BCUT2D eigenvalue weighted by atomic mass is 14.2. The molecule has 0 aliphatic carbocycles. The lowest BCUT2D eigenvalue weighted by atomic mass is 9.81. The number of hydrogen-bond donors (Lipinski definition) is 0. The maximum Gasteiger partial charge on any atom is -0.00136 e. The van der Waals surface area contributed by atoms with E-state index in [1.54, 1.807) is 0 Å². The molecule has 36 heavy (non-hydrogen) atoms. The van der Waals surface area contributed by atoms with Crippen molar-refractivity contribution in [3.8, 4) is 0 Å². The summed E-state index contributed by atoms with van der Waals surface area (Å²) in [5.41, 5.74) is 0. The Morgan fingerprint density at radius 1 is 0.222 bits per heavy atom. The molecular weight excluding hydrogens is 432 g/mol. The van der Waals surface area contributed by atoms with Gasteiger partial charge in [-0.05, 0) is 109 Å². The Balaban J connectivity index is 1.60. The number of fused-ring (bicyclic) bond motifs is 4. The Morgan fingerprint density at radius 2 is 0.583 bits per heavy atom.